The van der Waals surface area contributed by atoms with Gasteiger partial charge in [-0.2, -0.15) is 5.26 Å². The average Bonchev–Trinajstić information content (AvgIpc) is 3.15. The van der Waals surface area contributed by atoms with Gasteiger partial charge < -0.3 is 14.8 Å². The standard InChI is InChI=1S/C21H23N3O3/c1-26-17-8-9-18(20(12-17)27-2)19-7-4-10-24(19)14-21(25)23-16-6-3-5-15(11-16)13-22/h3,5-6,8-9,11-12,19H,4,7,10,14H2,1-2H3,(H,23,25)/t19-/m0/s1. The Morgan fingerprint density at radius 1 is 1.26 bits per heavy atom. The number of hydrogen-bond acceptors (Lipinski definition) is 5. The monoisotopic (exact) mass is 365 g/mol. The summed E-state index contributed by atoms with van der Waals surface area (Å²) < 4.78 is 10.8. The molecule has 6 heteroatoms. The van der Waals surface area contributed by atoms with E-state index in [2.05, 4.69) is 16.3 Å². The summed E-state index contributed by atoms with van der Waals surface area (Å²) in [4.78, 5) is 14.7. The zero-order valence-corrected chi connectivity index (χ0v) is 15.6. The minimum Gasteiger partial charge on any atom is -0.497 e. The Morgan fingerprint density at radius 3 is 2.85 bits per heavy atom. The first kappa shape index (κ1) is 18.7. The number of ether oxygens (including phenoxy) is 2. The van der Waals surface area contributed by atoms with Gasteiger partial charge in [-0.1, -0.05) is 12.1 Å². The fourth-order valence-corrected chi connectivity index (χ4v) is 3.51. The van der Waals surface area contributed by atoms with Gasteiger partial charge >= 0.3 is 0 Å². The molecule has 1 amide bonds. The lowest BCUT2D eigenvalue weighted by Crippen LogP contribution is -2.33. The number of carbonyl (C=O) groups is 1. The number of methoxy groups -OCH3 is 2. The molecule has 6 nitrogen and oxygen atoms in total. The van der Waals surface area contributed by atoms with Crippen LogP contribution in [0.5, 0.6) is 11.5 Å². The molecule has 1 aliphatic heterocycles. The predicted octanol–water partition coefficient (Wildman–Crippen LogP) is 3.35. The molecule has 140 valence electrons. The molecular weight excluding hydrogens is 342 g/mol. The van der Waals surface area contributed by atoms with Crippen LogP contribution in [0.1, 0.15) is 30.0 Å². The van der Waals surface area contributed by atoms with Crippen LogP contribution in [0, 0.1) is 11.3 Å². The molecule has 1 heterocycles. The zero-order valence-electron chi connectivity index (χ0n) is 15.6. The number of nitrogens with one attached hydrogen (secondary N) is 1. The van der Waals surface area contributed by atoms with Crippen molar-refractivity contribution in [2.24, 2.45) is 0 Å². The Kier molecular flexibility index (Phi) is 5.94. The van der Waals surface area contributed by atoms with Crippen molar-refractivity contribution < 1.29 is 14.3 Å². The molecule has 0 saturated carbocycles. The summed E-state index contributed by atoms with van der Waals surface area (Å²) in [5.41, 5.74) is 2.22. The summed E-state index contributed by atoms with van der Waals surface area (Å²) in [6.45, 7) is 1.14. The Morgan fingerprint density at radius 2 is 2.11 bits per heavy atom. The minimum absolute atomic E-state index is 0.0931. The largest absolute Gasteiger partial charge is 0.497 e. The quantitative estimate of drug-likeness (QED) is 0.850. The lowest BCUT2D eigenvalue weighted by molar-refractivity contribution is -0.117. The van der Waals surface area contributed by atoms with Gasteiger partial charge in [-0.15, -0.1) is 0 Å². The molecule has 0 radical (unpaired) electrons. The second-order valence-electron chi connectivity index (χ2n) is 6.48. The summed E-state index contributed by atoms with van der Waals surface area (Å²) in [7, 11) is 3.27. The zero-order chi connectivity index (χ0) is 19.2. The summed E-state index contributed by atoms with van der Waals surface area (Å²) in [6, 6.07) is 14.9. The van der Waals surface area contributed by atoms with Crippen molar-refractivity contribution in [1.82, 2.24) is 4.90 Å². The van der Waals surface area contributed by atoms with Crippen molar-refractivity contribution in [2.45, 2.75) is 18.9 Å². The summed E-state index contributed by atoms with van der Waals surface area (Å²) in [5.74, 6) is 1.42. The normalized spacial score (nSPS) is 16.6. The van der Waals surface area contributed by atoms with Crippen LogP contribution in [0.15, 0.2) is 42.5 Å². The van der Waals surface area contributed by atoms with E-state index in [1.165, 1.54) is 0 Å². The first-order valence-electron chi connectivity index (χ1n) is 8.90. The number of rotatable bonds is 6. The number of anilines is 1. The molecule has 1 fully saturated rings. The van der Waals surface area contributed by atoms with E-state index in [0.717, 1.165) is 36.4 Å². The van der Waals surface area contributed by atoms with E-state index in [4.69, 9.17) is 14.7 Å². The molecule has 0 aromatic heterocycles. The van der Waals surface area contributed by atoms with Gasteiger partial charge in [-0.25, -0.2) is 0 Å². The maximum atomic E-state index is 12.5. The van der Waals surface area contributed by atoms with Crippen LogP contribution in [0.4, 0.5) is 5.69 Å². The second-order valence-corrected chi connectivity index (χ2v) is 6.48. The van der Waals surface area contributed by atoms with Gasteiger partial charge in [0.15, 0.2) is 0 Å². The van der Waals surface area contributed by atoms with Crippen molar-refractivity contribution in [3.8, 4) is 17.6 Å². The summed E-state index contributed by atoms with van der Waals surface area (Å²) in [6.07, 6.45) is 2.00. The van der Waals surface area contributed by atoms with Crippen molar-refractivity contribution in [1.29, 1.82) is 5.26 Å². The van der Waals surface area contributed by atoms with E-state index in [9.17, 15) is 4.79 Å². The van der Waals surface area contributed by atoms with Crippen LogP contribution in [-0.4, -0.2) is 38.1 Å². The van der Waals surface area contributed by atoms with Gasteiger partial charge in [0.1, 0.15) is 11.5 Å². The third kappa shape index (κ3) is 4.39. The van der Waals surface area contributed by atoms with E-state index in [0.29, 0.717) is 11.3 Å². The van der Waals surface area contributed by atoms with E-state index in [-0.39, 0.29) is 18.5 Å². The lowest BCUT2D eigenvalue weighted by atomic mass is 10.0. The predicted molar refractivity (Wildman–Crippen MR) is 103 cm³/mol. The minimum atomic E-state index is -0.0931. The van der Waals surface area contributed by atoms with Crippen LogP contribution in [-0.2, 0) is 4.79 Å². The highest BCUT2D eigenvalue weighted by Gasteiger charge is 2.29. The van der Waals surface area contributed by atoms with Crippen LogP contribution in [0.2, 0.25) is 0 Å². The van der Waals surface area contributed by atoms with Crippen molar-refractivity contribution in [3.05, 3.63) is 53.6 Å². The van der Waals surface area contributed by atoms with Gasteiger partial charge in [0.2, 0.25) is 5.91 Å². The molecule has 1 atom stereocenters. The van der Waals surface area contributed by atoms with Crippen LogP contribution >= 0.6 is 0 Å². The first-order valence-corrected chi connectivity index (χ1v) is 8.90. The molecule has 0 spiro atoms. The highest BCUT2D eigenvalue weighted by Crippen LogP contribution is 2.38. The molecular formula is C21H23N3O3. The molecule has 2 aromatic rings. The van der Waals surface area contributed by atoms with Gasteiger partial charge in [0.25, 0.3) is 0 Å². The molecule has 27 heavy (non-hydrogen) atoms. The molecule has 1 saturated heterocycles. The highest BCUT2D eigenvalue weighted by molar-refractivity contribution is 5.92. The fraction of sp³-hybridized carbons (Fsp3) is 0.333. The van der Waals surface area contributed by atoms with E-state index in [1.807, 2.05) is 18.2 Å². The highest BCUT2D eigenvalue weighted by atomic mass is 16.5. The van der Waals surface area contributed by atoms with Gasteiger partial charge in [0, 0.05) is 23.4 Å². The van der Waals surface area contributed by atoms with Gasteiger partial charge in [-0.05, 0) is 43.7 Å². The van der Waals surface area contributed by atoms with Crippen LogP contribution in [0.3, 0.4) is 0 Å². The fourth-order valence-electron chi connectivity index (χ4n) is 3.51. The maximum Gasteiger partial charge on any atom is 0.238 e. The molecule has 1 N–H and O–H groups in total. The Labute approximate surface area is 159 Å². The van der Waals surface area contributed by atoms with E-state index < -0.39 is 0 Å². The molecule has 0 aliphatic carbocycles. The third-order valence-electron chi connectivity index (χ3n) is 4.79. The second kappa shape index (κ2) is 8.56. The number of hydrogen-bond donors (Lipinski definition) is 1. The molecule has 2 aromatic carbocycles. The Hall–Kier alpha value is -3.04. The topological polar surface area (TPSA) is 74.6 Å². The number of carbonyl (C=O) groups excluding carboxylic acids is 1. The average molecular weight is 365 g/mol. The van der Waals surface area contributed by atoms with E-state index in [1.54, 1.807) is 38.5 Å². The SMILES string of the molecule is COc1ccc([C@@H]2CCCN2CC(=O)Nc2cccc(C#N)c2)c(OC)c1. The van der Waals surface area contributed by atoms with Crippen molar-refractivity contribution >= 4 is 11.6 Å². The lowest BCUT2D eigenvalue weighted by Gasteiger charge is -2.25. The number of nitriles is 1. The number of nitrogens with zero attached hydrogens (tertiary/aromatic N) is 2. The number of benzene rings is 2. The maximum absolute atomic E-state index is 12.5. The van der Waals surface area contributed by atoms with Crippen LogP contribution < -0.4 is 14.8 Å². The van der Waals surface area contributed by atoms with Crippen molar-refractivity contribution in [3.63, 3.8) is 0 Å². The van der Waals surface area contributed by atoms with Crippen LogP contribution in [0.25, 0.3) is 0 Å². The van der Waals surface area contributed by atoms with Gasteiger partial charge in [-0.3, -0.25) is 9.69 Å². The molecule has 1 aliphatic rings. The summed E-state index contributed by atoms with van der Waals surface area (Å²) >= 11 is 0. The molecule has 3 rings (SSSR count). The first-order chi connectivity index (χ1) is 13.1. The molecule has 0 bridgehead atoms. The van der Waals surface area contributed by atoms with Gasteiger partial charge in [0.05, 0.1) is 32.4 Å². The Bertz CT molecular complexity index is 860. The summed E-state index contributed by atoms with van der Waals surface area (Å²) in [5, 5.41) is 11.9. The smallest absolute Gasteiger partial charge is 0.238 e. The Balaban J connectivity index is 1.71. The van der Waals surface area contributed by atoms with E-state index >= 15 is 0 Å². The van der Waals surface area contributed by atoms with Crippen molar-refractivity contribution in [2.75, 3.05) is 32.6 Å². The number of likely N-dealkylation sites (tertiary alicyclic amines) is 1. The molecule has 0 unspecified atom stereocenters. The third-order valence-corrected chi connectivity index (χ3v) is 4.79. The number of amides is 1.